The second-order valence-corrected chi connectivity index (χ2v) is 4.53. The fraction of sp³-hybridized carbons (Fsp3) is 0.429. The van der Waals surface area contributed by atoms with Gasteiger partial charge in [-0.25, -0.2) is 0 Å². The number of rotatable bonds is 5. The van der Waals surface area contributed by atoms with Crippen molar-refractivity contribution in [3.63, 3.8) is 0 Å². The second-order valence-electron chi connectivity index (χ2n) is 4.53. The molecule has 2 aliphatic rings. The predicted octanol–water partition coefficient (Wildman–Crippen LogP) is 2.65. The third-order valence-corrected chi connectivity index (χ3v) is 2.95. The normalized spacial score (nSPS) is 26.2. The van der Waals surface area contributed by atoms with E-state index in [0.717, 1.165) is 26.1 Å². The van der Waals surface area contributed by atoms with E-state index >= 15 is 0 Å². The third kappa shape index (κ3) is 2.94. The van der Waals surface area contributed by atoms with Crippen LogP contribution in [0.3, 0.4) is 0 Å². The summed E-state index contributed by atoms with van der Waals surface area (Å²) in [5.41, 5.74) is 2.73. The number of hydrogen-bond acceptors (Lipinski definition) is 2. The van der Waals surface area contributed by atoms with E-state index in [4.69, 9.17) is 9.47 Å². The van der Waals surface area contributed by atoms with Crippen LogP contribution in [0.25, 0.3) is 6.08 Å². The Morgan fingerprint density at radius 3 is 2.12 bits per heavy atom. The average Bonchev–Trinajstić information content (AvgIpc) is 3.15. The van der Waals surface area contributed by atoms with E-state index in [1.54, 1.807) is 0 Å². The van der Waals surface area contributed by atoms with Gasteiger partial charge in [0, 0.05) is 0 Å². The smallest absolute Gasteiger partial charge is 0.0847 e. The van der Waals surface area contributed by atoms with Gasteiger partial charge in [0.15, 0.2) is 0 Å². The van der Waals surface area contributed by atoms with Gasteiger partial charge in [0.25, 0.3) is 0 Å². The first-order valence-electron chi connectivity index (χ1n) is 5.88. The Labute approximate surface area is 95.9 Å². The number of hydrogen-bond donors (Lipinski definition) is 0. The molecule has 0 aromatic heterocycles. The maximum Gasteiger partial charge on any atom is 0.0847 e. The summed E-state index contributed by atoms with van der Waals surface area (Å²) in [6.45, 7) is 1.86. The molecule has 0 amide bonds. The zero-order chi connectivity index (χ0) is 10.8. The molecule has 16 heavy (non-hydrogen) atoms. The Kier molecular flexibility index (Phi) is 2.77. The van der Waals surface area contributed by atoms with E-state index in [9.17, 15) is 0 Å². The first-order valence-corrected chi connectivity index (χ1v) is 5.88. The summed E-state index contributed by atoms with van der Waals surface area (Å²) in [4.78, 5) is 0. The molecule has 2 atom stereocenters. The molecule has 1 aromatic rings. The molecular formula is C14H16O2. The SMILES string of the molecule is C(=C(CC1CO1)CC1CO1)c1ccccc1. The Morgan fingerprint density at radius 2 is 1.62 bits per heavy atom. The largest absolute Gasteiger partial charge is 0.373 e. The first-order chi connectivity index (χ1) is 7.90. The standard InChI is InChI=1S/C14H16O2/c1-2-4-11(5-3-1)6-12(7-13-9-15-13)8-14-10-16-14/h1-6,13-14H,7-10H2. The summed E-state index contributed by atoms with van der Waals surface area (Å²) in [5, 5.41) is 0. The molecule has 2 heteroatoms. The minimum Gasteiger partial charge on any atom is -0.373 e. The second kappa shape index (κ2) is 4.40. The maximum atomic E-state index is 5.30. The molecule has 2 unspecified atom stereocenters. The Hall–Kier alpha value is -1.12. The van der Waals surface area contributed by atoms with Crippen molar-refractivity contribution >= 4 is 6.08 Å². The number of benzene rings is 1. The predicted molar refractivity (Wildman–Crippen MR) is 63.1 cm³/mol. The van der Waals surface area contributed by atoms with Crippen LogP contribution in [0.5, 0.6) is 0 Å². The average molecular weight is 216 g/mol. The Balaban J connectivity index is 1.71. The van der Waals surface area contributed by atoms with Crippen LogP contribution in [0.2, 0.25) is 0 Å². The lowest BCUT2D eigenvalue weighted by Crippen LogP contribution is -1.95. The molecule has 0 spiro atoms. The topological polar surface area (TPSA) is 25.1 Å². The van der Waals surface area contributed by atoms with Gasteiger partial charge in [0.2, 0.25) is 0 Å². The van der Waals surface area contributed by atoms with Crippen molar-refractivity contribution in [3.05, 3.63) is 41.5 Å². The summed E-state index contributed by atoms with van der Waals surface area (Å²) in [5.74, 6) is 0. The Morgan fingerprint density at radius 1 is 1.06 bits per heavy atom. The van der Waals surface area contributed by atoms with Crippen molar-refractivity contribution in [1.82, 2.24) is 0 Å². The van der Waals surface area contributed by atoms with Gasteiger partial charge < -0.3 is 9.47 Å². The summed E-state index contributed by atoms with van der Waals surface area (Å²) in [6, 6.07) is 10.5. The van der Waals surface area contributed by atoms with Crippen molar-refractivity contribution in [2.24, 2.45) is 0 Å². The summed E-state index contributed by atoms with van der Waals surface area (Å²) >= 11 is 0. The monoisotopic (exact) mass is 216 g/mol. The maximum absolute atomic E-state index is 5.30. The molecule has 2 heterocycles. The van der Waals surface area contributed by atoms with Crippen molar-refractivity contribution in [2.45, 2.75) is 25.0 Å². The lowest BCUT2D eigenvalue weighted by molar-refractivity contribution is 0.391. The Bertz CT molecular complexity index is 359. The molecule has 2 saturated heterocycles. The highest BCUT2D eigenvalue weighted by Crippen LogP contribution is 2.28. The lowest BCUT2D eigenvalue weighted by Gasteiger charge is -2.04. The van der Waals surface area contributed by atoms with E-state index in [0.29, 0.717) is 12.2 Å². The molecule has 0 aliphatic carbocycles. The fourth-order valence-corrected chi connectivity index (χ4v) is 1.94. The minimum absolute atomic E-state index is 0.466. The first kappa shape index (κ1) is 10.1. The summed E-state index contributed by atoms with van der Waals surface area (Å²) < 4.78 is 10.6. The highest BCUT2D eigenvalue weighted by molar-refractivity contribution is 5.53. The lowest BCUT2D eigenvalue weighted by atomic mass is 10.0. The van der Waals surface area contributed by atoms with E-state index in [1.165, 1.54) is 11.1 Å². The minimum atomic E-state index is 0.466. The van der Waals surface area contributed by atoms with Crippen LogP contribution in [0.15, 0.2) is 35.9 Å². The molecule has 2 aliphatic heterocycles. The third-order valence-electron chi connectivity index (χ3n) is 2.95. The molecule has 2 fully saturated rings. The van der Waals surface area contributed by atoms with Gasteiger partial charge in [-0.2, -0.15) is 0 Å². The number of ether oxygens (including phenoxy) is 2. The zero-order valence-electron chi connectivity index (χ0n) is 9.26. The van der Waals surface area contributed by atoms with Crippen LogP contribution in [0.1, 0.15) is 18.4 Å². The van der Waals surface area contributed by atoms with Crippen LogP contribution in [-0.2, 0) is 9.47 Å². The van der Waals surface area contributed by atoms with Gasteiger partial charge in [0.05, 0.1) is 25.4 Å². The van der Waals surface area contributed by atoms with Crippen molar-refractivity contribution in [1.29, 1.82) is 0 Å². The van der Waals surface area contributed by atoms with Gasteiger partial charge in [0.1, 0.15) is 0 Å². The molecule has 84 valence electrons. The van der Waals surface area contributed by atoms with Crippen LogP contribution < -0.4 is 0 Å². The molecule has 0 saturated carbocycles. The van der Waals surface area contributed by atoms with Gasteiger partial charge in [-0.15, -0.1) is 0 Å². The van der Waals surface area contributed by atoms with Gasteiger partial charge in [-0.1, -0.05) is 42.0 Å². The van der Waals surface area contributed by atoms with Crippen LogP contribution in [0.4, 0.5) is 0 Å². The fourth-order valence-electron chi connectivity index (χ4n) is 1.94. The quantitative estimate of drug-likeness (QED) is 0.707. The van der Waals surface area contributed by atoms with Crippen LogP contribution in [-0.4, -0.2) is 25.4 Å². The van der Waals surface area contributed by atoms with E-state index in [-0.39, 0.29) is 0 Å². The molecule has 2 nitrogen and oxygen atoms in total. The van der Waals surface area contributed by atoms with Gasteiger partial charge in [-0.05, 0) is 18.4 Å². The van der Waals surface area contributed by atoms with Crippen LogP contribution in [0, 0.1) is 0 Å². The molecule has 0 N–H and O–H groups in total. The van der Waals surface area contributed by atoms with Gasteiger partial charge in [-0.3, -0.25) is 0 Å². The molecule has 0 bridgehead atoms. The van der Waals surface area contributed by atoms with Crippen LogP contribution >= 0.6 is 0 Å². The molecule has 3 rings (SSSR count). The summed E-state index contributed by atoms with van der Waals surface area (Å²) in [6.07, 6.45) is 5.34. The summed E-state index contributed by atoms with van der Waals surface area (Å²) in [7, 11) is 0. The molecule has 1 aromatic carbocycles. The van der Waals surface area contributed by atoms with Gasteiger partial charge >= 0.3 is 0 Å². The van der Waals surface area contributed by atoms with Crippen molar-refractivity contribution < 1.29 is 9.47 Å². The highest BCUT2D eigenvalue weighted by Gasteiger charge is 2.28. The van der Waals surface area contributed by atoms with E-state index < -0.39 is 0 Å². The molecular weight excluding hydrogens is 200 g/mol. The number of epoxide rings is 2. The highest BCUT2D eigenvalue weighted by atomic mass is 16.6. The van der Waals surface area contributed by atoms with Crippen molar-refractivity contribution in [2.75, 3.05) is 13.2 Å². The van der Waals surface area contributed by atoms with E-state index in [2.05, 4.69) is 30.3 Å². The zero-order valence-corrected chi connectivity index (χ0v) is 9.26. The molecule has 0 radical (unpaired) electrons. The van der Waals surface area contributed by atoms with Crippen molar-refractivity contribution in [3.8, 4) is 0 Å². The van der Waals surface area contributed by atoms with E-state index in [1.807, 2.05) is 6.07 Å².